The molecular weight excluding hydrogens is 320 g/mol. The van der Waals surface area contributed by atoms with E-state index < -0.39 is 0 Å². The molecule has 7 nitrogen and oxygen atoms in total. The topological polar surface area (TPSA) is 82.2 Å². The van der Waals surface area contributed by atoms with Gasteiger partial charge in [0, 0.05) is 23.6 Å². The number of amides is 1. The normalized spacial score (nSPS) is 12.3. The molecule has 0 radical (unpaired) electrons. The van der Waals surface area contributed by atoms with E-state index >= 15 is 0 Å². The van der Waals surface area contributed by atoms with Crippen molar-refractivity contribution in [3.8, 4) is 5.75 Å². The molecule has 25 heavy (non-hydrogen) atoms. The second-order valence-electron chi connectivity index (χ2n) is 5.95. The Morgan fingerprint density at radius 1 is 1.44 bits per heavy atom. The minimum absolute atomic E-state index is 0.272. The Hall–Kier alpha value is -2.83. The Balaban J connectivity index is 1.84. The van der Waals surface area contributed by atoms with Crippen molar-refractivity contribution < 1.29 is 13.9 Å². The highest BCUT2D eigenvalue weighted by atomic mass is 16.5. The molecule has 7 heteroatoms. The van der Waals surface area contributed by atoms with Gasteiger partial charge in [0.2, 0.25) is 0 Å². The second kappa shape index (κ2) is 6.96. The first kappa shape index (κ1) is 17.0. The maximum absolute atomic E-state index is 12.7. The summed E-state index contributed by atoms with van der Waals surface area (Å²) in [5.74, 6) is 1.45. The van der Waals surface area contributed by atoms with Gasteiger partial charge in [-0.2, -0.15) is 5.10 Å². The van der Waals surface area contributed by atoms with E-state index in [9.17, 15) is 4.79 Å². The number of nitrogens with one attached hydrogen (secondary N) is 1. The first-order valence-corrected chi connectivity index (χ1v) is 8.30. The van der Waals surface area contributed by atoms with Gasteiger partial charge in [-0.3, -0.25) is 4.79 Å². The first-order chi connectivity index (χ1) is 12.0. The molecule has 1 amide bonds. The van der Waals surface area contributed by atoms with Gasteiger partial charge in [-0.05, 0) is 32.4 Å². The van der Waals surface area contributed by atoms with Gasteiger partial charge in [-0.1, -0.05) is 6.92 Å². The number of furan rings is 1. The van der Waals surface area contributed by atoms with Crippen LogP contribution in [0.4, 0.5) is 0 Å². The third kappa shape index (κ3) is 3.22. The third-order valence-electron chi connectivity index (χ3n) is 4.17. The molecule has 2 aromatic heterocycles. The van der Waals surface area contributed by atoms with Crippen LogP contribution in [0.15, 0.2) is 28.9 Å². The van der Waals surface area contributed by atoms with Gasteiger partial charge in [0.15, 0.2) is 5.76 Å². The molecule has 0 aliphatic heterocycles. The molecule has 1 atom stereocenters. The van der Waals surface area contributed by atoms with Crippen LogP contribution in [0, 0.1) is 6.92 Å². The monoisotopic (exact) mass is 342 g/mol. The molecule has 3 aromatic rings. The van der Waals surface area contributed by atoms with E-state index in [0.29, 0.717) is 17.1 Å². The average molecular weight is 342 g/mol. The van der Waals surface area contributed by atoms with Crippen molar-refractivity contribution in [3.05, 3.63) is 41.7 Å². The summed E-state index contributed by atoms with van der Waals surface area (Å²) in [6, 6.07) is 5.25. The van der Waals surface area contributed by atoms with Gasteiger partial charge in [-0.25, -0.2) is 9.67 Å². The number of ether oxygens (including phenoxy) is 1. The molecule has 0 unspecified atom stereocenters. The molecule has 3 rings (SSSR count). The Labute approximate surface area is 146 Å². The molecule has 0 saturated heterocycles. The van der Waals surface area contributed by atoms with E-state index in [1.54, 1.807) is 17.9 Å². The quantitative estimate of drug-likeness (QED) is 0.743. The molecule has 1 N–H and O–H groups in total. The number of nitrogens with zero attached hydrogens (tertiary/aromatic N) is 3. The maximum Gasteiger partial charge on any atom is 0.287 e. The largest absolute Gasteiger partial charge is 0.497 e. The zero-order valence-corrected chi connectivity index (χ0v) is 14.9. The summed E-state index contributed by atoms with van der Waals surface area (Å²) in [7, 11) is 1.60. The summed E-state index contributed by atoms with van der Waals surface area (Å²) in [6.07, 6.45) is 2.45. The standard InChI is InChI=1S/C18H22N4O3/c1-5-8-22-17(19-10-20-22)12(3)21-18(23)16-11(2)14-7-6-13(24-4)9-15(14)25-16/h6-7,9-10,12H,5,8H2,1-4H3,(H,21,23)/t12-/m1/s1. The van der Waals surface area contributed by atoms with Gasteiger partial charge in [0.05, 0.1) is 13.2 Å². The second-order valence-corrected chi connectivity index (χ2v) is 5.95. The zero-order chi connectivity index (χ0) is 18.0. The molecule has 0 fully saturated rings. The molecule has 0 saturated carbocycles. The van der Waals surface area contributed by atoms with Crippen LogP contribution in [-0.2, 0) is 6.54 Å². The van der Waals surface area contributed by atoms with Crippen molar-refractivity contribution in [1.29, 1.82) is 0 Å². The molecule has 0 spiro atoms. The van der Waals surface area contributed by atoms with Crippen LogP contribution >= 0.6 is 0 Å². The molecule has 1 aromatic carbocycles. The van der Waals surface area contributed by atoms with E-state index in [0.717, 1.165) is 29.7 Å². The minimum Gasteiger partial charge on any atom is -0.497 e. The van der Waals surface area contributed by atoms with Crippen LogP contribution in [0.5, 0.6) is 5.75 Å². The molecule has 0 bridgehead atoms. The molecule has 0 aliphatic rings. The van der Waals surface area contributed by atoms with E-state index in [1.807, 2.05) is 26.0 Å². The van der Waals surface area contributed by atoms with Crippen molar-refractivity contribution in [2.45, 2.75) is 39.8 Å². The van der Waals surface area contributed by atoms with Crippen LogP contribution in [0.3, 0.4) is 0 Å². The highest BCUT2D eigenvalue weighted by Gasteiger charge is 2.22. The number of hydrogen-bond donors (Lipinski definition) is 1. The van der Waals surface area contributed by atoms with Crippen molar-refractivity contribution in [1.82, 2.24) is 20.1 Å². The number of carbonyl (C=O) groups excluding carboxylic acids is 1. The molecule has 2 heterocycles. The van der Waals surface area contributed by atoms with Gasteiger partial charge in [-0.15, -0.1) is 0 Å². The predicted octanol–water partition coefficient (Wildman–Crippen LogP) is 3.24. The summed E-state index contributed by atoms with van der Waals surface area (Å²) in [4.78, 5) is 16.9. The first-order valence-electron chi connectivity index (χ1n) is 8.30. The Morgan fingerprint density at radius 3 is 2.96 bits per heavy atom. The minimum atomic E-state index is -0.274. The van der Waals surface area contributed by atoms with Crippen LogP contribution in [-0.4, -0.2) is 27.8 Å². The lowest BCUT2D eigenvalue weighted by Gasteiger charge is -2.13. The average Bonchev–Trinajstić information content (AvgIpc) is 3.19. The van der Waals surface area contributed by atoms with Gasteiger partial charge < -0.3 is 14.5 Å². The predicted molar refractivity (Wildman–Crippen MR) is 93.7 cm³/mol. The van der Waals surface area contributed by atoms with E-state index in [2.05, 4.69) is 22.3 Å². The summed E-state index contributed by atoms with van der Waals surface area (Å²) in [5.41, 5.74) is 1.43. The number of methoxy groups -OCH3 is 1. The van der Waals surface area contributed by atoms with Crippen LogP contribution in [0.25, 0.3) is 11.0 Å². The number of aromatic nitrogens is 3. The fourth-order valence-electron chi connectivity index (χ4n) is 2.87. The fourth-order valence-corrected chi connectivity index (χ4v) is 2.87. The number of benzene rings is 1. The zero-order valence-electron chi connectivity index (χ0n) is 14.9. The van der Waals surface area contributed by atoms with Crippen LogP contribution < -0.4 is 10.1 Å². The van der Waals surface area contributed by atoms with E-state index in [-0.39, 0.29) is 11.9 Å². The van der Waals surface area contributed by atoms with Gasteiger partial charge >= 0.3 is 0 Å². The lowest BCUT2D eigenvalue weighted by atomic mass is 10.1. The summed E-state index contributed by atoms with van der Waals surface area (Å²) >= 11 is 0. The van der Waals surface area contributed by atoms with E-state index in [1.165, 1.54) is 6.33 Å². The SMILES string of the molecule is CCCn1ncnc1[C@@H](C)NC(=O)c1oc2cc(OC)ccc2c1C. The lowest BCUT2D eigenvalue weighted by Crippen LogP contribution is -2.29. The van der Waals surface area contributed by atoms with Crippen molar-refractivity contribution in [2.24, 2.45) is 0 Å². The Kier molecular flexibility index (Phi) is 4.74. The summed E-state index contributed by atoms with van der Waals surface area (Å²) in [5, 5.41) is 8.03. The maximum atomic E-state index is 12.7. The Morgan fingerprint density at radius 2 is 2.24 bits per heavy atom. The van der Waals surface area contributed by atoms with Gasteiger partial charge in [0.1, 0.15) is 23.5 Å². The molecular formula is C18H22N4O3. The van der Waals surface area contributed by atoms with Crippen molar-refractivity contribution in [2.75, 3.05) is 7.11 Å². The van der Waals surface area contributed by atoms with Crippen LogP contribution in [0.2, 0.25) is 0 Å². The number of aryl methyl sites for hydroxylation is 2. The van der Waals surface area contributed by atoms with Crippen LogP contribution in [0.1, 0.15) is 48.3 Å². The molecule has 132 valence electrons. The smallest absolute Gasteiger partial charge is 0.287 e. The van der Waals surface area contributed by atoms with Crippen molar-refractivity contribution in [3.63, 3.8) is 0 Å². The highest BCUT2D eigenvalue weighted by Crippen LogP contribution is 2.28. The third-order valence-corrected chi connectivity index (χ3v) is 4.17. The number of fused-ring (bicyclic) bond motifs is 1. The fraction of sp³-hybridized carbons (Fsp3) is 0.389. The highest BCUT2D eigenvalue weighted by molar-refractivity contribution is 5.99. The molecule has 0 aliphatic carbocycles. The summed E-state index contributed by atoms with van der Waals surface area (Å²) in [6.45, 7) is 6.59. The van der Waals surface area contributed by atoms with Crippen molar-refractivity contribution >= 4 is 16.9 Å². The number of rotatable bonds is 6. The number of hydrogen-bond acceptors (Lipinski definition) is 5. The Bertz CT molecular complexity index is 897. The number of carbonyl (C=O) groups is 1. The lowest BCUT2D eigenvalue weighted by molar-refractivity contribution is 0.0910. The van der Waals surface area contributed by atoms with E-state index in [4.69, 9.17) is 9.15 Å². The summed E-state index contributed by atoms with van der Waals surface area (Å²) < 4.78 is 12.8. The van der Waals surface area contributed by atoms with Gasteiger partial charge in [0.25, 0.3) is 5.91 Å².